The molecule has 6 nitrogen and oxygen atoms in total. The number of fused-ring (bicyclic) bond motifs is 3. The Morgan fingerprint density at radius 2 is 1.91 bits per heavy atom. The summed E-state index contributed by atoms with van der Waals surface area (Å²) in [5.74, 6) is 0.530. The van der Waals surface area contributed by atoms with E-state index in [1.807, 2.05) is 30.3 Å². The number of rotatable bonds is 5. The molecular formula is C27H31N3O3S. The smallest absolute Gasteiger partial charge is 0.243 e. The predicted octanol–water partition coefficient (Wildman–Crippen LogP) is 5.09. The van der Waals surface area contributed by atoms with Gasteiger partial charge in [0.15, 0.2) is 0 Å². The standard InChI is InChI=1S/C26H29N3O3S.CH2/c30-26(16-20-6-3-13-27-18-20)28-25-10-2-8-21-17-23(11-12-24(21)25)33(31,32)29-14-4-7-19-5-1-9-22(29)15-19;/h2-3,6,8,10-13,17-19,22H,1,4-5,7,9,14-16H2,(H,28,30);1H2. The minimum absolute atomic E-state index is 0. The number of amides is 1. The summed E-state index contributed by atoms with van der Waals surface area (Å²) in [5.41, 5.74) is 1.52. The van der Waals surface area contributed by atoms with Crippen molar-refractivity contribution in [2.24, 2.45) is 5.92 Å². The summed E-state index contributed by atoms with van der Waals surface area (Å²) in [4.78, 5) is 16.9. The zero-order valence-electron chi connectivity index (χ0n) is 19.3. The molecule has 2 heterocycles. The van der Waals surface area contributed by atoms with Gasteiger partial charge in [0.2, 0.25) is 15.9 Å². The molecule has 5 rings (SSSR count). The van der Waals surface area contributed by atoms with Crippen LogP contribution >= 0.6 is 0 Å². The second-order valence-electron chi connectivity index (χ2n) is 9.22. The first kappa shape index (κ1) is 24.4. The van der Waals surface area contributed by atoms with Crippen LogP contribution in [-0.2, 0) is 21.2 Å². The minimum atomic E-state index is -3.57. The van der Waals surface area contributed by atoms with Gasteiger partial charge in [-0.25, -0.2) is 8.42 Å². The number of pyridine rings is 1. The van der Waals surface area contributed by atoms with Gasteiger partial charge in [0.05, 0.1) is 11.3 Å². The Bertz CT molecular complexity index is 1260. The summed E-state index contributed by atoms with van der Waals surface area (Å²) >= 11 is 0. The van der Waals surface area contributed by atoms with E-state index in [1.165, 1.54) is 6.42 Å². The van der Waals surface area contributed by atoms with Crippen LogP contribution in [0.3, 0.4) is 0 Å². The van der Waals surface area contributed by atoms with Gasteiger partial charge in [-0.1, -0.05) is 44.5 Å². The summed E-state index contributed by atoms with van der Waals surface area (Å²) < 4.78 is 29.0. The second-order valence-corrected chi connectivity index (χ2v) is 11.1. The van der Waals surface area contributed by atoms with Gasteiger partial charge in [0.1, 0.15) is 0 Å². The van der Waals surface area contributed by atoms with Crippen LogP contribution in [-0.4, -0.2) is 36.2 Å². The maximum atomic E-state index is 13.6. The molecule has 0 spiro atoms. The lowest BCUT2D eigenvalue weighted by Crippen LogP contribution is -2.41. The number of nitrogens with zero attached hydrogens (tertiary/aromatic N) is 2. The third-order valence-corrected chi connectivity index (χ3v) is 8.92. The maximum Gasteiger partial charge on any atom is 0.243 e. The first-order valence-electron chi connectivity index (χ1n) is 11.7. The Kier molecular flexibility index (Phi) is 7.33. The summed E-state index contributed by atoms with van der Waals surface area (Å²) in [5, 5.41) is 4.59. The van der Waals surface area contributed by atoms with Crippen molar-refractivity contribution in [3.63, 3.8) is 0 Å². The average molecular weight is 478 g/mol. The fourth-order valence-electron chi connectivity index (χ4n) is 5.37. The zero-order valence-corrected chi connectivity index (χ0v) is 20.1. The SMILES string of the molecule is O=C(Cc1cccnc1)Nc1cccc2cc(S(=O)(=O)N3CCCC4CCCC3C4)ccc12.[CH2]. The predicted molar refractivity (Wildman–Crippen MR) is 135 cm³/mol. The van der Waals surface area contributed by atoms with E-state index in [9.17, 15) is 13.2 Å². The number of sulfonamides is 1. The number of aromatic nitrogens is 1. The highest BCUT2D eigenvalue weighted by molar-refractivity contribution is 7.89. The molecule has 2 aliphatic rings. The number of hydrogen-bond donors (Lipinski definition) is 1. The highest BCUT2D eigenvalue weighted by atomic mass is 32.2. The van der Waals surface area contributed by atoms with Gasteiger partial charge < -0.3 is 5.32 Å². The Labute approximate surface area is 202 Å². The van der Waals surface area contributed by atoms with Crippen LogP contribution in [0, 0.1) is 13.3 Å². The van der Waals surface area contributed by atoms with Crippen LogP contribution in [0.25, 0.3) is 10.8 Å². The molecule has 1 amide bonds. The van der Waals surface area contributed by atoms with E-state index in [0.29, 0.717) is 23.0 Å². The molecule has 1 aliphatic heterocycles. The fraction of sp³-hybridized carbons (Fsp3) is 0.370. The number of benzene rings is 2. The number of carbonyl (C=O) groups is 1. The van der Waals surface area contributed by atoms with Crippen molar-refractivity contribution in [1.82, 2.24) is 9.29 Å². The average Bonchev–Trinajstić information content (AvgIpc) is 2.97. The molecule has 2 aromatic carbocycles. The Hall–Kier alpha value is -2.77. The topological polar surface area (TPSA) is 79.4 Å². The van der Waals surface area contributed by atoms with Crippen molar-refractivity contribution in [3.05, 3.63) is 73.9 Å². The van der Waals surface area contributed by atoms with E-state index in [2.05, 4.69) is 10.3 Å². The molecule has 1 N–H and O–H groups in total. The van der Waals surface area contributed by atoms with Gasteiger partial charge in [-0.05, 0) is 66.8 Å². The third kappa shape index (κ3) is 5.00. The highest BCUT2D eigenvalue weighted by Crippen LogP contribution is 2.37. The van der Waals surface area contributed by atoms with Crippen LogP contribution in [0.15, 0.2) is 65.8 Å². The molecule has 2 atom stereocenters. The van der Waals surface area contributed by atoms with Crippen molar-refractivity contribution >= 4 is 32.4 Å². The van der Waals surface area contributed by atoms with E-state index in [-0.39, 0.29) is 25.8 Å². The van der Waals surface area contributed by atoms with E-state index in [1.54, 1.807) is 34.9 Å². The van der Waals surface area contributed by atoms with Gasteiger partial charge in [0.25, 0.3) is 0 Å². The summed E-state index contributed by atoms with van der Waals surface area (Å²) in [7, 11) is -3.57. The van der Waals surface area contributed by atoms with Gasteiger partial charge >= 0.3 is 0 Å². The lowest BCUT2D eigenvalue weighted by Gasteiger charge is -2.33. The van der Waals surface area contributed by atoms with Gasteiger partial charge in [-0.2, -0.15) is 4.31 Å². The number of hydrogen-bond acceptors (Lipinski definition) is 4. The molecule has 3 aromatic rings. The molecule has 1 aromatic heterocycles. The molecule has 2 unspecified atom stereocenters. The monoisotopic (exact) mass is 477 g/mol. The molecule has 7 heteroatoms. The van der Waals surface area contributed by atoms with Crippen molar-refractivity contribution in [1.29, 1.82) is 0 Å². The molecule has 34 heavy (non-hydrogen) atoms. The van der Waals surface area contributed by atoms with Crippen molar-refractivity contribution < 1.29 is 13.2 Å². The zero-order chi connectivity index (χ0) is 22.8. The Balaban J connectivity index is 0.00000274. The molecule has 2 bridgehead atoms. The summed E-state index contributed by atoms with van der Waals surface area (Å²) in [6, 6.07) is 14.6. The third-order valence-electron chi connectivity index (χ3n) is 6.97. The van der Waals surface area contributed by atoms with Crippen LogP contribution in [0.4, 0.5) is 5.69 Å². The lowest BCUT2D eigenvalue weighted by atomic mass is 9.84. The van der Waals surface area contributed by atoms with E-state index in [0.717, 1.165) is 48.4 Å². The van der Waals surface area contributed by atoms with Gasteiger partial charge in [-0.3, -0.25) is 9.78 Å². The normalized spacial score (nSPS) is 20.8. The fourth-order valence-corrected chi connectivity index (χ4v) is 7.11. The molecule has 1 saturated heterocycles. The molecule has 1 saturated carbocycles. The van der Waals surface area contributed by atoms with Crippen LogP contribution in [0.2, 0.25) is 0 Å². The highest BCUT2D eigenvalue weighted by Gasteiger charge is 2.36. The first-order valence-corrected chi connectivity index (χ1v) is 13.2. The molecule has 2 radical (unpaired) electrons. The molecule has 2 fully saturated rings. The maximum absolute atomic E-state index is 13.6. The van der Waals surface area contributed by atoms with Crippen molar-refractivity contribution in [2.45, 2.75) is 55.9 Å². The second kappa shape index (κ2) is 10.2. The molecule has 178 valence electrons. The molecular weight excluding hydrogens is 446 g/mol. The Morgan fingerprint density at radius 1 is 1.06 bits per heavy atom. The Morgan fingerprint density at radius 3 is 2.74 bits per heavy atom. The summed E-state index contributed by atoms with van der Waals surface area (Å²) in [6.45, 7) is 0.603. The van der Waals surface area contributed by atoms with E-state index >= 15 is 0 Å². The van der Waals surface area contributed by atoms with Gasteiger partial charge in [0, 0.05) is 36.1 Å². The first-order chi connectivity index (χ1) is 16.0. The van der Waals surface area contributed by atoms with E-state index < -0.39 is 10.0 Å². The number of anilines is 1. The van der Waals surface area contributed by atoms with Crippen molar-refractivity contribution in [3.8, 4) is 0 Å². The number of carbonyl (C=O) groups excluding carboxylic acids is 1. The van der Waals surface area contributed by atoms with Crippen LogP contribution in [0.5, 0.6) is 0 Å². The molecule has 1 aliphatic carbocycles. The quantitative estimate of drug-likeness (QED) is 0.555. The van der Waals surface area contributed by atoms with Gasteiger partial charge in [-0.15, -0.1) is 0 Å². The van der Waals surface area contributed by atoms with E-state index in [4.69, 9.17) is 0 Å². The van der Waals surface area contributed by atoms with Crippen molar-refractivity contribution in [2.75, 3.05) is 11.9 Å². The van der Waals surface area contributed by atoms with Crippen LogP contribution < -0.4 is 5.32 Å². The largest absolute Gasteiger partial charge is 0.325 e. The lowest BCUT2D eigenvalue weighted by molar-refractivity contribution is -0.115. The van der Waals surface area contributed by atoms with Crippen LogP contribution in [0.1, 0.15) is 44.1 Å². The summed E-state index contributed by atoms with van der Waals surface area (Å²) in [6.07, 6.45) is 9.93. The minimum Gasteiger partial charge on any atom is -0.325 e. The number of nitrogens with one attached hydrogen (secondary N) is 1.